The number of nitrogens with one attached hydrogen (secondary N) is 1. The molecule has 1 aliphatic rings. The largest absolute Gasteiger partial charge is 0.508 e. The minimum atomic E-state index is 0.377. The highest BCUT2D eigenvalue weighted by Crippen LogP contribution is 2.40. The lowest BCUT2D eigenvalue weighted by molar-refractivity contribution is 0.267. The molecule has 1 fully saturated rings. The SMILES string of the molecule is CCC1(CNCc2cc(Br)ccc2O)CCCC1. The van der Waals surface area contributed by atoms with E-state index in [-0.39, 0.29) is 0 Å². The van der Waals surface area contributed by atoms with E-state index in [9.17, 15) is 5.11 Å². The highest BCUT2D eigenvalue weighted by atomic mass is 79.9. The number of phenols is 1. The van der Waals surface area contributed by atoms with E-state index in [1.165, 1.54) is 32.1 Å². The molecule has 3 heteroatoms. The van der Waals surface area contributed by atoms with Crippen LogP contribution in [0.25, 0.3) is 0 Å². The predicted molar refractivity (Wildman–Crippen MR) is 78.7 cm³/mol. The van der Waals surface area contributed by atoms with Crippen molar-refractivity contribution in [3.63, 3.8) is 0 Å². The molecule has 0 saturated heterocycles. The fourth-order valence-electron chi connectivity index (χ4n) is 2.94. The molecular weight excluding hydrogens is 290 g/mol. The average molecular weight is 312 g/mol. The zero-order valence-corrected chi connectivity index (χ0v) is 12.6. The molecule has 0 radical (unpaired) electrons. The van der Waals surface area contributed by atoms with Crippen molar-refractivity contribution in [2.45, 2.75) is 45.6 Å². The van der Waals surface area contributed by atoms with Gasteiger partial charge in [-0.1, -0.05) is 35.7 Å². The molecule has 1 aliphatic carbocycles. The van der Waals surface area contributed by atoms with Crippen molar-refractivity contribution in [2.24, 2.45) is 5.41 Å². The first-order valence-corrected chi connectivity index (χ1v) is 7.63. The average Bonchev–Trinajstić information content (AvgIpc) is 2.83. The second kappa shape index (κ2) is 6.07. The van der Waals surface area contributed by atoms with Crippen molar-refractivity contribution in [3.05, 3.63) is 28.2 Å². The van der Waals surface area contributed by atoms with E-state index in [2.05, 4.69) is 28.2 Å². The van der Waals surface area contributed by atoms with Gasteiger partial charge in [0.15, 0.2) is 0 Å². The Balaban J connectivity index is 1.89. The van der Waals surface area contributed by atoms with Gasteiger partial charge >= 0.3 is 0 Å². The maximum absolute atomic E-state index is 9.79. The Morgan fingerprint density at radius 3 is 2.72 bits per heavy atom. The lowest BCUT2D eigenvalue weighted by Gasteiger charge is -2.27. The van der Waals surface area contributed by atoms with E-state index >= 15 is 0 Å². The van der Waals surface area contributed by atoms with Gasteiger partial charge in [-0.2, -0.15) is 0 Å². The van der Waals surface area contributed by atoms with Crippen molar-refractivity contribution >= 4 is 15.9 Å². The Morgan fingerprint density at radius 1 is 1.33 bits per heavy atom. The van der Waals surface area contributed by atoms with E-state index in [1.54, 1.807) is 6.07 Å². The van der Waals surface area contributed by atoms with Gasteiger partial charge in [0.1, 0.15) is 5.75 Å². The summed E-state index contributed by atoms with van der Waals surface area (Å²) >= 11 is 3.44. The van der Waals surface area contributed by atoms with Crippen LogP contribution in [0.2, 0.25) is 0 Å². The zero-order chi connectivity index (χ0) is 13.0. The van der Waals surface area contributed by atoms with Gasteiger partial charge in [0.2, 0.25) is 0 Å². The van der Waals surface area contributed by atoms with Crippen LogP contribution >= 0.6 is 15.9 Å². The number of hydrogen-bond donors (Lipinski definition) is 2. The third-order valence-electron chi connectivity index (χ3n) is 4.27. The summed E-state index contributed by atoms with van der Waals surface area (Å²) in [5.41, 5.74) is 1.47. The quantitative estimate of drug-likeness (QED) is 0.853. The highest BCUT2D eigenvalue weighted by Gasteiger charge is 2.31. The third kappa shape index (κ3) is 3.27. The topological polar surface area (TPSA) is 32.3 Å². The Hall–Kier alpha value is -0.540. The van der Waals surface area contributed by atoms with Gasteiger partial charge in [-0.15, -0.1) is 0 Å². The van der Waals surface area contributed by atoms with E-state index in [0.717, 1.165) is 23.1 Å². The maximum Gasteiger partial charge on any atom is 0.120 e. The molecule has 2 N–H and O–H groups in total. The molecule has 0 bridgehead atoms. The van der Waals surface area contributed by atoms with Gasteiger partial charge in [-0.05, 0) is 42.9 Å². The molecule has 0 amide bonds. The van der Waals surface area contributed by atoms with Crippen LogP contribution in [0.1, 0.15) is 44.6 Å². The molecule has 0 atom stereocenters. The van der Waals surface area contributed by atoms with Gasteiger partial charge in [-0.3, -0.25) is 0 Å². The lowest BCUT2D eigenvalue weighted by atomic mass is 9.83. The monoisotopic (exact) mass is 311 g/mol. The molecule has 2 nitrogen and oxygen atoms in total. The van der Waals surface area contributed by atoms with Crippen LogP contribution in [-0.2, 0) is 6.54 Å². The molecule has 0 aliphatic heterocycles. The molecule has 100 valence electrons. The van der Waals surface area contributed by atoms with Crippen LogP contribution in [-0.4, -0.2) is 11.7 Å². The molecule has 0 unspecified atom stereocenters. The molecule has 1 aromatic carbocycles. The normalized spacial score (nSPS) is 18.1. The van der Waals surface area contributed by atoms with Crippen LogP contribution < -0.4 is 5.32 Å². The zero-order valence-electron chi connectivity index (χ0n) is 11.0. The van der Waals surface area contributed by atoms with E-state index in [0.29, 0.717) is 11.2 Å². The van der Waals surface area contributed by atoms with Crippen molar-refractivity contribution in [3.8, 4) is 5.75 Å². The first-order chi connectivity index (χ1) is 8.65. The Morgan fingerprint density at radius 2 is 2.06 bits per heavy atom. The molecule has 0 aromatic heterocycles. The standard InChI is InChI=1S/C15H22BrNO/c1-2-15(7-3-4-8-15)11-17-10-12-9-13(16)5-6-14(12)18/h5-6,9,17-18H,2-4,7-8,10-11H2,1H3. The van der Waals surface area contributed by atoms with Crippen LogP contribution in [0.4, 0.5) is 0 Å². The smallest absolute Gasteiger partial charge is 0.120 e. The Labute approximate surface area is 118 Å². The summed E-state index contributed by atoms with van der Waals surface area (Å²) in [7, 11) is 0. The van der Waals surface area contributed by atoms with Gasteiger partial charge in [0.25, 0.3) is 0 Å². The fraction of sp³-hybridized carbons (Fsp3) is 0.600. The minimum absolute atomic E-state index is 0.377. The number of rotatable bonds is 5. The summed E-state index contributed by atoms with van der Waals surface area (Å²) < 4.78 is 1.02. The van der Waals surface area contributed by atoms with Gasteiger partial charge in [-0.25, -0.2) is 0 Å². The van der Waals surface area contributed by atoms with E-state index in [4.69, 9.17) is 0 Å². The van der Waals surface area contributed by atoms with Gasteiger partial charge in [0, 0.05) is 23.1 Å². The first-order valence-electron chi connectivity index (χ1n) is 6.83. The lowest BCUT2D eigenvalue weighted by Crippen LogP contribution is -2.31. The van der Waals surface area contributed by atoms with Gasteiger partial charge < -0.3 is 10.4 Å². The van der Waals surface area contributed by atoms with Crippen LogP contribution in [0.15, 0.2) is 22.7 Å². The first kappa shape index (κ1) is 13.9. The molecule has 2 rings (SSSR count). The number of aromatic hydroxyl groups is 1. The minimum Gasteiger partial charge on any atom is -0.508 e. The summed E-state index contributed by atoms with van der Waals surface area (Å²) in [6.07, 6.45) is 6.70. The second-order valence-corrected chi connectivity index (χ2v) is 6.35. The summed E-state index contributed by atoms with van der Waals surface area (Å²) in [6, 6.07) is 5.59. The van der Waals surface area contributed by atoms with E-state index < -0.39 is 0 Å². The molecule has 18 heavy (non-hydrogen) atoms. The number of benzene rings is 1. The van der Waals surface area contributed by atoms with Crippen molar-refractivity contribution in [2.75, 3.05) is 6.54 Å². The van der Waals surface area contributed by atoms with Crippen molar-refractivity contribution in [1.29, 1.82) is 0 Å². The van der Waals surface area contributed by atoms with E-state index in [1.807, 2.05) is 12.1 Å². The highest BCUT2D eigenvalue weighted by molar-refractivity contribution is 9.10. The summed E-state index contributed by atoms with van der Waals surface area (Å²) in [5, 5.41) is 13.3. The molecule has 1 saturated carbocycles. The van der Waals surface area contributed by atoms with Crippen molar-refractivity contribution < 1.29 is 5.11 Å². The predicted octanol–water partition coefficient (Wildman–Crippen LogP) is 4.21. The summed E-state index contributed by atoms with van der Waals surface area (Å²) in [6.45, 7) is 4.10. The molecule has 0 heterocycles. The third-order valence-corrected chi connectivity index (χ3v) is 4.76. The second-order valence-electron chi connectivity index (χ2n) is 5.44. The molecule has 0 spiro atoms. The van der Waals surface area contributed by atoms with Crippen molar-refractivity contribution in [1.82, 2.24) is 5.32 Å². The van der Waals surface area contributed by atoms with Crippen LogP contribution in [0, 0.1) is 5.41 Å². The fourth-order valence-corrected chi connectivity index (χ4v) is 3.35. The maximum atomic E-state index is 9.79. The summed E-state index contributed by atoms with van der Waals surface area (Å²) in [4.78, 5) is 0. The molecule has 1 aromatic rings. The summed E-state index contributed by atoms with van der Waals surface area (Å²) in [5.74, 6) is 0.377. The number of hydrogen-bond acceptors (Lipinski definition) is 2. The Bertz CT molecular complexity index is 399. The van der Waals surface area contributed by atoms with Gasteiger partial charge in [0.05, 0.1) is 0 Å². The number of halogens is 1. The Kier molecular flexibility index (Phi) is 4.68. The molecular formula is C15H22BrNO. The number of phenolic OH excluding ortho intramolecular Hbond substituents is 1. The van der Waals surface area contributed by atoms with Crippen LogP contribution in [0.3, 0.4) is 0 Å². The van der Waals surface area contributed by atoms with Crippen LogP contribution in [0.5, 0.6) is 5.75 Å².